The number of hydrogen-bond acceptors (Lipinski definition) is 1. The molecule has 0 aromatic heterocycles. The van der Waals surface area contributed by atoms with Crippen LogP contribution in [0.2, 0.25) is 0 Å². The van der Waals surface area contributed by atoms with Gasteiger partial charge in [0.25, 0.3) is 0 Å². The first-order valence-electron chi connectivity index (χ1n) is 9.65. The van der Waals surface area contributed by atoms with Crippen LogP contribution in [0.3, 0.4) is 0 Å². The summed E-state index contributed by atoms with van der Waals surface area (Å²) in [6.45, 7) is 0. The first kappa shape index (κ1) is 18.0. The number of rotatable bonds is 0. The van der Waals surface area contributed by atoms with E-state index in [9.17, 15) is 0 Å². The lowest BCUT2D eigenvalue weighted by molar-refractivity contribution is 0.482. The summed E-state index contributed by atoms with van der Waals surface area (Å²) in [4.78, 5) is 0. The van der Waals surface area contributed by atoms with Gasteiger partial charge in [0.1, 0.15) is 0 Å². The topological polar surface area (TPSA) is 26.0 Å². The van der Waals surface area contributed by atoms with Gasteiger partial charge in [-0.25, -0.2) is 0 Å². The molecule has 0 spiro atoms. The summed E-state index contributed by atoms with van der Waals surface area (Å²) in [7, 11) is 0. The third-order valence-electron chi connectivity index (χ3n) is 4.90. The van der Waals surface area contributed by atoms with E-state index in [4.69, 9.17) is 5.73 Å². The van der Waals surface area contributed by atoms with Crippen molar-refractivity contribution in [3.63, 3.8) is 0 Å². The molecule has 0 saturated heterocycles. The Morgan fingerprint density at radius 2 is 0.550 bits per heavy atom. The molecule has 1 nitrogen and oxygen atoms in total. The van der Waals surface area contributed by atoms with Gasteiger partial charge in [-0.2, -0.15) is 0 Å². The van der Waals surface area contributed by atoms with Gasteiger partial charge in [0.05, 0.1) is 0 Å². The first-order chi connectivity index (χ1) is 9.89. The van der Waals surface area contributed by atoms with Crippen LogP contribution in [0.15, 0.2) is 0 Å². The van der Waals surface area contributed by atoms with Crippen molar-refractivity contribution in [2.24, 2.45) is 5.73 Å². The molecular formula is C19H39N. The fraction of sp³-hybridized carbons (Fsp3) is 1.00. The molecule has 0 bridgehead atoms. The predicted molar refractivity (Wildman–Crippen MR) is 91.1 cm³/mol. The summed E-state index contributed by atoms with van der Waals surface area (Å²) in [6, 6.07) is 0.483. The molecule has 1 aliphatic rings. The molecule has 1 heteroatoms. The van der Waals surface area contributed by atoms with E-state index in [-0.39, 0.29) is 0 Å². The van der Waals surface area contributed by atoms with Crippen molar-refractivity contribution in [3.05, 3.63) is 0 Å². The van der Waals surface area contributed by atoms with Crippen molar-refractivity contribution in [1.29, 1.82) is 0 Å². The van der Waals surface area contributed by atoms with E-state index < -0.39 is 0 Å². The zero-order chi connectivity index (χ0) is 14.3. The summed E-state index contributed by atoms with van der Waals surface area (Å²) in [6.07, 6.45) is 25.6. The van der Waals surface area contributed by atoms with Crippen LogP contribution < -0.4 is 5.73 Å². The molecule has 0 aliphatic heterocycles. The monoisotopic (exact) mass is 281 g/mol. The Labute approximate surface area is 128 Å². The molecule has 20 heavy (non-hydrogen) atoms. The van der Waals surface area contributed by atoms with E-state index in [1.165, 1.54) is 116 Å². The standard InChI is InChI=1S/C19H39N/c20-19-17-15-13-11-9-7-5-3-1-2-4-6-8-10-12-14-16-18-19/h19H,1-18,20H2. The van der Waals surface area contributed by atoms with E-state index in [0.29, 0.717) is 6.04 Å². The minimum Gasteiger partial charge on any atom is -0.328 e. The lowest BCUT2D eigenvalue weighted by Crippen LogP contribution is -2.19. The first-order valence-corrected chi connectivity index (χ1v) is 9.65. The predicted octanol–water partition coefficient (Wildman–Crippen LogP) is 6.35. The van der Waals surface area contributed by atoms with Crippen LogP contribution in [-0.2, 0) is 0 Å². The van der Waals surface area contributed by atoms with Gasteiger partial charge in [-0.05, 0) is 12.8 Å². The van der Waals surface area contributed by atoms with Crippen LogP contribution in [0.5, 0.6) is 0 Å². The maximum Gasteiger partial charge on any atom is 0.00388 e. The van der Waals surface area contributed by atoms with Crippen LogP contribution in [0.4, 0.5) is 0 Å². The van der Waals surface area contributed by atoms with E-state index in [2.05, 4.69) is 0 Å². The molecule has 2 N–H and O–H groups in total. The van der Waals surface area contributed by atoms with E-state index in [1.807, 2.05) is 0 Å². The second-order valence-corrected chi connectivity index (χ2v) is 6.99. The van der Waals surface area contributed by atoms with E-state index in [0.717, 1.165) is 0 Å². The summed E-state index contributed by atoms with van der Waals surface area (Å²) in [5.74, 6) is 0. The fourth-order valence-corrected chi connectivity index (χ4v) is 3.43. The Morgan fingerprint density at radius 1 is 0.350 bits per heavy atom. The van der Waals surface area contributed by atoms with Crippen molar-refractivity contribution in [1.82, 2.24) is 0 Å². The number of nitrogens with two attached hydrogens (primary N) is 1. The fourth-order valence-electron chi connectivity index (χ4n) is 3.43. The normalized spacial score (nSPS) is 24.4. The Balaban J connectivity index is 2.09. The minimum atomic E-state index is 0.483. The minimum absolute atomic E-state index is 0.483. The molecule has 120 valence electrons. The second-order valence-electron chi connectivity index (χ2n) is 6.99. The van der Waals surface area contributed by atoms with Crippen molar-refractivity contribution in [3.8, 4) is 0 Å². The Bertz CT molecular complexity index is 170. The summed E-state index contributed by atoms with van der Waals surface area (Å²) >= 11 is 0. The van der Waals surface area contributed by atoms with Crippen molar-refractivity contribution in [2.45, 2.75) is 122 Å². The van der Waals surface area contributed by atoms with Gasteiger partial charge < -0.3 is 5.73 Å². The highest BCUT2D eigenvalue weighted by Gasteiger charge is 2.02. The third-order valence-corrected chi connectivity index (χ3v) is 4.90. The van der Waals surface area contributed by atoms with Gasteiger partial charge in [0.2, 0.25) is 0 Å². The van der Waals surface area contributed by atoms with Gasteiger partial charge in [-0.1, -0.05) is 103 Å². The summed E-state index contributed by atoms with van der Waals surface area (Å²) < 4.78 is 0. The van der Waals surface area contributed by atoms with Gasteiger partial charge in [-0.3, -0.25) is 0 Å². The van der Waals surface area contributed by atoms with E-state index >= 15 is 0 Å². The van der Waals surface area contributed by atoms with E-state index in [1.54, 1.807) is 0 Å². The van der Waals surface area contributed by atoms with Crippen molar-refractivity contribution < 1.29 is 0 Å². The average molecular weight is 282 g/mol. The van der Waals surface area contributed by atoms with Crippen molar-refractivity contribution >= 4 is 0 Å². The van der Waals surface area contributed by atoms with Gasteiger partial charge in [0, 0.05) is 6.04 Å². The second kappa shape index (κ2) is 13.9. The van der Waals surface area contributed by atoms with Crippen LogP contribution in [0.25, 0.3) is 0 Å². The highest BCUT2D eigenvalue weighted by Crippen LogP contribution is 2.16. The third kappa shape index (κ3) is 11.8. The highest BCUT2D eigenvalue weighted by atomic mass is 14.6. The zero-order valence-electron chi connectivity index (χ0n) is 13.9. The molecule has 1 aliphatic carbocycles. The molecule has 1 saturated carbocycles. The highest BCUT2D eigenvalue weighted by molar-refractivity contribution is 4.62. The molecule has 1 fully saturated rings. The van der Waals surface area contributed by atoms with Crippen LogP contribution >= 0.6 is 0 Å². The molecule has 1 rings (SSSR count). The zero-order valence-corrected chi connectivity index (χ0v) is 13.9. The molecular weight excluding hydrogens is 242 g/mol. The van der Waals surface area contributed by atoms with Crippen molar-refractivity contribution in [2.75, 3.05) is 0 Å². The Hall–Kier alpha value is -0.0400. The molecule has 0 heterocycles. The molecule has 0 atom stereocenters. The molecule has 0 aromatic carbocycles. The molecule has 0 aromatic rings. The van der Waals surface area contributed by atoms with Crippen LogP contribution in [0.1, 0.15) is 116 Å². The Morgan fingerprint density at radius 3 is 0.800 bits per heavy atom. The quantitative estimate of drug-likeness (QED) is 0.550. The smallest absolute Gasteiger partial charge is 0.00388 e. The molecule has 0 amide bonds. The van der Waals surface area contributed by atoms with Gasteiger partial charge in [-0.15, -0.1) is 0 Å². The lowest BCUT2D eigenvalue weighted by atomic mass is 10.0. The average Bonchev–Trinajstić information content (AvgIpc) is 2.45. The maximum atomic E-state index is 6.21. The SMILES string of the molecule is NC1CCCCCCCCCCCCCCCCCC1. The van der Waals surface area contributed by atoms with Crippen LogP contribution in [0, 0.1) is 0 Å². The molecule has 0 unspecified atom stereocenters. The largest absolute Gasteiger partial charge is 0.328 e. The van der Waals surface area contributed by atoms with Gasteiger partial charge in [0.15, 0.2) is 0 Å². The molecule has 0 radical (unpaired) electrons. The summed E-state index contributed by atoms with van der Waals surface area (Å²) in [5, 5.41) is 0. The maximum absolute atomic E-state index is 6.21. The van der Waals surface area contributed by atoms with Gasteiger partial charge >= 0.3 is 0 Å². The lowest BCUT2D eigenvalue weighted by Gasteiger charge is -2.11. The summed E-state index contributed by atoms with van der Waals surface area (Å²) in [5.41, 5.74) is 6.21. The van der Waals surface area contributed by atoms with Crippen LogP contribution in [-0.4, -0.2) is 6.04 Å². The number of hydrogen-bond donors (Lipinski definition) is 1. The Kier molecular flexibility index (Phi) is 12.5.